The van der Waals surface area contributed by atoms with Crippen LogP contribution in [0.1, 0.15) is 256 Å². The topological polar surface area (TPSA) is 134 Å². The molecular weight excluding hydrogens is 1230 g/mol. The monoisotopic (exact) mass is 1340 g/mol. The van der Waals surface area contributed by atoms with E-state index in [0.29, 0.717) is 47.5 Å². The van der Waals surface area contributed by atoms with Crippen LogP contribution in [0.15, 0.2) is 158 Å². The van der Waals surface area contributed by atoms with Gasteiger partial charge in [0.05, 0.1) is 33.2 Å². The maximum atomic E-state index is 12.9. The molecule has 8 fully saturated rings. The fraction of sp³-hybridized carbons (Fsp3) is 0.500. The first-order chi connectivity index (χ1) is 47.9. The van der Waals surface area contributed by atoms with Gasteiger partial charge in [-0.1, -0.05) is 213 Å². The molecule has 8 aliphatic rings. The Morgan fingerprint density at radius 3 is 1.39 bits per heavy atom. The van der Waals surface area contributed by atoms with Gasteiger partial charge in [0.15, 0.2) is 0 Å². The first-order valence-corrected chi connectivity index (χ1v) is 38.8. The van der Waals surface area contributed by atoms with Crippen LogP contribution in [0.5, 0.6) is 11.5 Å². The summed E-state index contributed by atoms with van der Waals surface area (Å²) in [6.07, 6.45) is 23.3. The number of fused-ring (bicyclic) bond motifs is 7. The SMILES string of the molecule is CCC(C)(C)C(=O)Oc1c2ccccc2c(C2(O)CCCCC2)c2ccccc12.CCC(C)(C)C(=O)Oc1ccc(C2(O)CCCC2)c2ccccc12.CCC(C)c1ccc2cc(C3(O)C4CC5CC(C4)CC3C5)ccc2c1.CCC(C)c1ccc2cc(C3(O)CC4CCC3C4)ccc2c1. The van der Waals surface area contributed by atoms with Crippen LogP contribution < -0.4 is 9.47 Å². The van der Waals surface area contributed by atoms with Crippen LogP contribution in [0.2, 0.25) is 0 Å². The van der Waals surface area contributed by atoms with Crippen molar-refractivity contribution in [2.75, 3.05) is 0 Å². The Balaban J connectivity index is 0.000000120. The lowest BCUT2D eigenvalue weighted by molar-refractivity contribution is -0.179. The molecular formula is C92H112O8. The molecule has 5 unspecified atom stereocenters. The summed E-state index contributed by atoms with van der Waals surface area (Å²) in [5.74, 6) is 5.93. The standard InChI is InChI=1S/C26H30O3.C24H30O.C21H26O3.C21H26O/c1-4-25(2,3)24(27)29-23-20-14-8-6-12-18(20)22(19-13-7-9-15-21(19)23)26(28)16-10-5-11-17-26;1-3-15(2)18-4-5-20-14-21(7-6-19(20)13-18)24(25)22-9-16-8-17(11-22)12-23(24)10-16;1-4-20(2,3)19(22)24-18-12-11-17(21(23)13-7-8-14-21)15-9-5-6-10-16(15)18;1-3-14(2)16-5-6-18-12-20(9-7-17(18)11-16)21(22)13-15-4-8-19(21)10-15/h6-9,12-15,28H,4-5,10-11,16-17H2,1-3H3;4-7,13-17,22-23,25H,3,8-12H2,1-2H3;5-6,9-12,23H,4,7-8,13-14H2,1-3H3;5-7,9,11-12,14-15,19,22H,3-4,8,10,13H2,1-2H3. The molecule has 9 aromatic rings. The molecule has 0 amide bonds. The molecule has 4 N–H and O–H groups in total. The van der Waals surface area contributed by atoms with Gasteiger partial charge in [0.2, 0.25) is 0 Å². The predicted molar refractivity (Wildman–Crippen MR) is 410 cm³/mol. The van der Waals surface area contributed by atoms with Gasteiger partial charge in [-0.2, -0.15) is 0 Å². The molecule has 100 heavy (non-hydrogen) atoms. The molecule has 8 saturated carbocycles. The van der Waals surface area contributed by atoms with Gasteiger partial charge in [-0.25, -0.2) is 0 Å². The largest absolute Gasteiger partial charge is 0.425 e. The molecule has 8 aliphatic carbocycles. The lowest BCUT2D eigenvalue weighted by Crippen LogP contribution is -2.55. The first-order valence-electron chi connectivity index (χ1n) is 38.8. The van der Waals surface area contributed by atoms with Crippen molar-refractivity contribution >= 4 is 65.8 Å². The van der Waals surface area contributed by atoms with Crippen molar-refractivity contribution in [1.29, 1.82) is 0 Å². The number of hydrogen-bond acceptors (Lipinski definition) is 8. The Kier molecular flexibility index (Phi) is 20.5. The van der Waals surface area contributed by atoms with Gasteiger partial charge in [0, 0.05) is 16.2 Å². The van der Waals surface area contributed by atoms with Gasteiger partial charge in [-0.3, -0.25) is 9.59 Å². The maximum absolute atomic E-state index is 12.9. The Morgan fingerprint density at radius 2 is 0.890 bits per heavy atom. The summed E-state index contributed by atoms with van der Waals surface area (Å²) in [7, 11) is 0. The van der Waals surface area contributed by atoms with E-state index in [-0.39, 0.29) is 11.9 Å². The van der Waals surface area contributed by atoms with Crippen molar-refractivity contribution in [3.63, 3.8) is 0 Å². The summed E-state index contributed by atoms with van der Waals surface area (Å²) >= 11 is 0. The molecule has 0 aromatic heterocycles. The fourth-order valence-corrected chi connectivity index (χ4v) is 19.0. The van der Waals surface area contributed by atoms with Crippen LogP contribution in [0.3, 0.4) is 0 Å². The Bertz CT molecular complexity index is 4360. The number of aliphatic hydroxyl groups is 4. The molecule has 0 aliphatic heterocycles. The van der Waals surface area contributed by atoms with E-state index in [2.05, 4.69) is 100 Å². The molecule has 6 bridgehead atoms. The van der Waals surface area contributed by atoms with E-state index in [1.807, 2.05) is 126 Å². The molecule has 8 heteroatoms. The maximum Gasteiger partial charge on any atom is 0.316 e. The second kappa shape index (κ2) is 28.7. The molecule has 5 atom stereocenters. The van der Waals surface area contributed by atoms with Gasteiger partial charge >= 0.3 is 11.9 Å². The van der Waals surface area contributed by atoms with Crippen LogP contribution in [-0.4, -0.2) is 32.4 Å². The number of esters is 2. The van der Waals surface area contributed by atoms with Crippen molar-refractivity contribution in [3.05, 3.63) is 191 Å². The molecule has 0 heterocycles. The van der Waals surface area contributed by atoms with Gasteiger partial charge in [0.25, 0.3) is 0 Å². The van der Waals surface area contributed by atoms with Crippen molar-refractivity contribution in [2.45, 2.75) is 245 Å². The average Bonchev–Trinajstić information content (AvgIpc) is 1.03. The molecule has 0 radical (unpaired) electrons. The Labute approximate surface area is 595 Å². The van der Waals surface area contributed by atoms with Crippen molar-refractivity contribution in [3.8, 4) is 11.5 Å². The summed E-state index contributed by atoms with van der Waals surface area (Å²) in [6, 6.07) is 54.7. The smallest absolute Gasteiger partial charge is 0.316 e. The molecule has 9 aromatic carbocycles. The summed E-state index contributed by atoms with van der Waals surface area (Å²) in [5.41, 5.74) is 3.30. The van der Waals surface area contributed by atoms with Gasteiger partial charge in [0.1, 0.15) is 11.5 Å². The minimum atomic E-state index is -0.845. The third-order valence-corrected chi connectivity index (χ3v) is 26.4. The van der Waals surface area contributed by atoms with E-state index in [1.54, 1.807) is 0 Å². The summed E-state index contributed by atoms with van der Waals surface area (Å²) in [6.45, 7) is 20.7. The first kappa shape index (κ1) is 71.5. The molecule has 8 nitrogen and oxygen atoms in total. The highest BCUT2D eigenvalue weighted by Crippen LogP contribution is 2.62. The number of benzene rings is 9. The molecule has 528 valence electrons. The van der Waals surface area contributed by atoms with Crippen molar-refractivity contribution in [1.82, 2.24) is 0 Å². The molecule has 0 spiro atoms. The summed E-state index contributed by atoms with van der Waals surface area (Å²) < 4.78 is 11.8. The Morgan fingerprint density at radius 1 is 0.450 bits per heavy atom. The van der Waals surface area contributed by atoms with E-state index in [1.165, 1.54) is 109 Å². The number of ether oxygens (including phenoxy) is 2. The van der Waals surface area contributed by atoms with Crippen LogP contribution in [-0.2, 0) is 32.0 Å². The normalized spacial score (nSPS) is 25.4. The highest BCUT2D eigenvalue weighted by atomic mass is 16.5. The number of carbonyl (C=O) groups excluding carboxylic acids is 2. The number of hydrogen-bond donors (Lipinski definition) is 4. The fourth-order valence-electron chi connectivity index (χ4n) is 19.0. The minimum Gasteiger partial charge on any atom is -0.425 e. The summed E-state index contributed by atoms with van der Waals surface area (Å²) in [5, 5.41) is 56.4. The zero-order valence-electron chi connectivity index (χ0n) is 61.6. The highest BCUT2D eigenvalue weighted by molar-refractivity contribution is 6.10. The number of carbonyl (C=O) groups is 2. The van der Waals surface area contributed by atoms with Gasteiger partial charge < -0.3 is 29.9 Å². The van der Waals surface area contributed by atoms with E-state index in [0.717, 1.165) is 131 Å². The van der Waals surface area contributed by atoms with E-state index in [9.17, 15) is 30.0 Å². The van der Waals surface area contributed by atoms with E-state index in [4.69, 9.17) is 9.47 Å². The second-order valence-electron chi connectivity index (χ2n) is 33.4. The zero-order chi connectivity index (χ0) is 70.5. The number of rotatable bonds is 14. The zero-order valence-corrected chi connectivity index (χ0v) is 61.6. The predicted octanol–water partition coefficient (Wildman–Crippen LogP) is 22.8. The molecule has 17 rings (SSSR count). The minimum absolute atomic E-state index is 0.220. The second-order valence-corrected chi connectivity index (χ2v) is 33.4. The van der Waals surface area contributed by atoms with Gasteiger partial charge in [-0.15, -0.1) is 0 Å². The lowest BCUT2D eigenvalue weighted by Gasteiger charge is -2.59. The lowest BCUT2D eigenvalue weighted by atomic mass is 9.48. The average molecular weight is 1350 g/mol. The third kappa shape index (κ3) is 13.7. The van der Waals surface area contributed by atoms with Crippen LogP contribution >= 0.6 is 0 Å². The summed E-state index contributed by atoms with van der Waals surface area (Å²) in [4.78, 5) is 25.4. The Hall–Kier alpha value is -6.94. The van der Waals surface area contributed by atoms with Crippen molar-refractivity contribution in [2.24, 2.45) is 46.3 Å². The van der Waals surface area contributed by atoms with Crippen LogP contribution in [0.4, 0.5) is 0 Å². The molecule has 0 saturated heterocycles. The third-order valence-electron chi connectivity index (χ3n) is 26.4. The highest BCUT2D eigenvalue weighted by Gasteiger charge is 2.57. The van der Waals surface area contributed by atoms with Crippen molar-refractivity contribution < 1.29 is 39.5 Å². The van der Waals surface area contributed by atoms with E-state index < -0.39 is 33.2 Å². The van der Waals surface area contributed by atoms with Gasteiger partial charge in [-0.05, 0) is 273 Å². The van der Waals surface area contributed by atoms with E-state index >= 15 is 0 Å². The van der Waals surface area contributed by atoms with Crippen LogP contribution in [0, 0.1) is 46.3 Å². The van der Waals surface area contributed by atoms with Crippen LogP contribution in [0.25, 0.3) is 53.9 Å². The quantitative estimate of drug-likeness (QED) is 0.0481.